The van der Waals surface area contributed by atoms with Gasteiger partial charge in [0.2, 0.25) is 11.8 Å². The Morgan fingerprint density at radius 2 is 1.24 bits per heavy atom. The van der Waals surface area contributed by atoms with Crippen LogP contribution >= 0.6 is 11.8 Å². The molecule has 0 saturated carbocycles. The van der Waals surface area contributed by atoms with Crippen molar-refractivity contribution < 1.29 is 71.8 Å². The van der Waals surface area contributed by atoms with Crippen LogP contribution in [0.25, 0.3) is 0 Å². The van der Waals surface area contributed by atoms with Crippen molar-refractivity contribution in [2.24, 2.45) is 15.9 Å². The third-order valence-electron chi connectivity index (χ3n) is 11.2. The maximum Gasteiger partial charge on any atom is 0.407 e. The van der Waals surface area contributed by atoms with E-state index in [1.54, 1.807) is 0 Å². The Balaban J connectivity index is 0.00000143. The molecule has 5 unspecified atom stereocenters. The lowest BCUT2D eigenvalue weighted by Gasteiger charge is -2.37. The first-order valence-electron chi connectivity index (χ1n) is 27.7. The highest BCUT2D eigenvalue weighted by molar-refractivity contribution is 8.15. The van der Waals surface area contributed by atoms with Crippen molar-refractivity contribution in [1.82, 2.24) is 26.0 Å². The van der Waals surface area contributed by atoms with Gasteiger partial charge in [0, 0.05) is 45.1 Å². The number of nitrogens with one attached hydrogen (secondary N) is 3. The molecule has 22 heteroatoms. The zero-order chi connectivity index (χ0) is 60.9. The van der Waals surface area contributed by atoms with E-state index in [4.69, 9.17) is 28.5 Å². The number of carbonyl (C=O) groups is 4. The average Bonchev–Trinajstić information content (AvgIpc) is 3.77. The smallest absolute Gasteiger partial charge is 0.407 e. The van der Waals surface area contributed by atoms with Crippen LogP contribution in [0.4, 0.5) is 18.4 Å². The number of hydrazone groups is 1. The van der Waals surface area contributed by atoms with Gasteiger partial charge in [-0.25, -0.2) is 23.4 Å². The topological polar surface area (TPSA) is 239 Å². The first-order chi connectivity index (χ1) is 37.3. The van der Waals surface area contributed by atoms with Gasteiger partial charge in [-0.15, -0.1) is 0 Å². The number of aliphatic hydroxyl groups excluding tert-OH is 3. The molecule has 3 rings (SSSR count). The maximum atomic E-state index is 14.9. The number of benzene rings is 2. The van der Waals surface area contributed by atoms with Gasteiger partial charge in [0.05, 0.1) is 50.3 Å². The largest absolute Gasteiger partial charge is 0.444 e. The lowest BCUT2D eigenvalue weighted by molar-refractivity contribution is -0.237. The second kappa shape index (κ2) is 36.1. The Kier molecular flexibility index (Phi) is 33.2. The van der Waals surface area contributed by atoms with Crippen LogP contribution in [0.3, 0.4) is 0 Å². The summed E-state index contributed by atoms with van der Waals surface area (Å²) in [5.41, 5.74) is -0.375. The van der Waals surface area contributed by atoms with Crippen molar-refractivity contribution in [3.63, 3.8) is 0 Å². The minimum atomic E-state index is -1.16. The molecule has 0 aromatic heterocycles. The van der Waals surface area contributed by atoms with Gasteiger partial charge in [0.1, 0.15) is 28.2 Å². The standard InChI is InChI=1S/C43H64F2N6O9S.C13H28O4.C2H6/c1-41(2,3)27-32(28-52)59-37(60-42(4,5)6)29-58-39(55)48-25-21-36(54)46-23-14-10-13-18-35(53)47-24-15-22-43(30-16-11-9-12-17-30)51(40(56)50(7)57-8)49-38(61-43)33-26-31(44)19-20-34(33)45;1-12(2,3)7-10(8-14)16-11(9-15)17-13(4,5)6;1-2/h9,11-12,16-17,19-20,26,32,37,52H,10,13-15,18,21-25,27-29H2,1-8H3,(H,46,54)(H,47,53)(H,48,55);10-11,14-15H,7-9H2,1-6H3;1-2H3. The molecule has 0 saturated heterocycles. The molecule has 2 aromatic rings. The number of nitrogens with zero attached hydrogens (tertiary/aromatic N) is 3. The highest BCUT2D eigenvalue weighted by Gasteiger charge is 2.50. The summed E-state index contributed by atoms with van der Waals surface area (Å²) in [5, 5.41) is 43.4. The minimum absolute atomic E-state index is 0.0439. The van der Waals surface area contributed by atoms with Crippen LogP contribution in [0.15, 0.2) is 53.6 Å². The molecular weight excluding hydrogens is 1060 g/mol. The van der Waals surface area contributed by atoms with Gasteiger partial charge >= 0.3 is 12.1 Å². The fourth-order valence-electron chi connectivity index (χ4n) is 7.88. The summed E-state index contributed by atoms with van der Waals surface area (Å²) in [7, 11) is 2.76. The van der Waals surface area contributed by atoms with Gasteiger partial charge < -0.3 is 55.0 Å². The number of hydrogen-bond donors (Lipinski definition) is 6. The van der Waals surface area contributed by atoms with Gasteiger partial charge in [-0.3, -0.25) is 14.4 Å². The molecule has 0 aliphatic carbocycles. The minimum Gasteiger partial charge on any atom is -0.444 e. The molecule has 2 aromatic carbocycles. The van der Waals surface area contributed by atoms with Crippen LogP contribution in [0.1, 0.15) is 166 Å². The van der Waals surface area contributed by atoms with Crippen LogP contribution in [0, 0.1) is 22.5 Å². The zero-order valence-corrected chi connectivity index (χ0v) is 51.5. The Labute approximate surface area is 479 Å². The van der Waals surface area contributed by atoms with Crippen LogP contribution in [0.5, 0.6) is 0 Å². The summed E-state index contributed by atoms with van der Waals surface area (Å²) in [4.78, 5) is 55.0. The molecule has 1 aliphatic heterocycles. The van der Waals surface area contributed by atoms with E-state index in [1.807, 2.05) is 106 Å². The van der Waals surface area contributed by atoms with Crippen molar-refractivity contribution in [3.05, 3.63) is 71.3 Å². The van der Waals surface area contributed by atoms with E-state index in [1.165, 1.54) is 19.2 Å². The van der Waals surface area contributed by atoms with Gasteiger partial charge in [-0.05, 0) is 115 Å². The van der Waals surface area contributed by atoms with E-state index in [0.717, 1.165) is 35.0 Å². The number of alkyl carbamates (subject to hydrolysis) is 1. The molecule has 5 amide bonds. The first-order valence-corrected chi connectivity index (χ1v) is 28.5. The molecule has 458 valence electrons. The first kappa shape index (κ1) is 73.5. The van der Waals surface area contributed by atoms with Crippen molar-refractivity contribution in [3.8, 4) is 0 Å². The van der Waals surface area contributed by atoms with Crippen LogP contribution < -0.4 is 16.0 Å². The number of hydroxylamine groups is 2. The number of unbranched alkanes of at least 4 members (excludes halogenated alkanes) is 2. The lowest BCUT2D eigenvalue weighted by Crippen LogP contribution is -2.47. The van der Waals surface area contributed by atoms with E-state index < -0.39 is 52.9 Å². The monoisotopic (exact) mass is 1160 g/mol. The van der Waals surface area contributed by atoms with Gasteiger partial charge in [-0.1, -0.05) is 104 Å². The predicted octanol–water partition coefficient (Wildman–Crippen LogP) is 9.75. The summed E-state index contributed by atoms with van der Waals surface area (Å²) in [5.74, 6) is -1.73. The molecule has 0 bridgehead atoms. The summed E-state index contributed by atoms with van der Waals surface area (Å²) in [6, 6.07) is 11.6. The maximum absolute atomic E-state index is 14.9. The number of urea groups is 1. The normalized spacial score (nSPS) is 16.2. The molecule has 0 spiro atoms. The molecule has 0 radical (unpaired) electrons. The summed E-state index contributed by atoms with van der Waals surface area (Å²) in [6.07, 6.45) is 1.16. The van der Waals surface area contributed by atoms with E-state index in [-0.39, 0.29) is 97.3 Å². The molecule has 1 heterocycles. The number of hydrogen-bond acceptors (Lipinski definition) is 15. The lowest BCUT2D eigenvalue weighted by atomic mass is 9.89. The molecule has 0 fully saturated rings. The molecular formula is C58H98F2N6O13S. The summed E-state index contributed by atoms with van der Waals surface area (Å²) < 4.78 is 57.4. The number of carbonyl (C=O) groups excluding carboxylic acids is 4. The van der Waals surface area contributed by atoms with Crippen LogP contribution in [-0.2, 0) is 43.0 Å². The quantitative estimate of drug-likeness (QED) is 0.0253. The van der Waals surface area contributed by atoms with E-state index in [2.05, 4.69) is 41.8 Å². The summed E-state index contributed by atoms with van der Waals surface area (Å²) >= 11 is 1.13. The zero-order valence-electron chi connectivity index (χ0n) is 50.7. The fourth-order valence-corrected chi connectivity index (χ4v) is 9.29. The Hall–Kier alpha value is -4.52. The number of amides is 5. The highest BCUT2D eigenvalue weighted by Crippen LogP contribution is 2.51. The van der Waals surface area contributed by atoms with Gasteiger partial charge in [-0.2, -0.15) is 10.1 Å². The number of rotatable bonds is 29. The van der Waals surface area contributed by atoms with Crippen molar-refractivity contribution in [2.75, 3.05) is 60.2 Å². The molecule has 5 atom stereocenters. The van der Waals surface area contributed by atoms with E-state index in [0.29, 0.717) is 57.1 Å². The molecule has 1 aliphatic rings. The second-order valence-electron chi connectivity index (χ2n) is 23.4. The Morgan fingerprint density at radius 3 is 1.76 bits per heavy atom. The second-order valence-corrected chi connectivity index (χ2v) is 24.6. The average molecular weight is 1160 g/mol. The van der Waals surface area contributed by atoms with Gasteiger partial charge in [0.15, 0.2) is 12.6 Å². The van der Waals surface area contributed by atoms with Crippen molar-refractivity contribution in [1.29, 1.82) is 0 Å². The third kappa shape index (κ3) is 30.0. The van der Waals surface area contributed by atoms with E-state index >= 15 is 0 Å². The number of ether oxygens (including phenoxy) is 5. The summed E-state index contributed by atoms with van der Waals surface area (Å²) in [6.45, 7) is 27.6. The number of halogens is 2. The van der Waals surface area contributed by atoms with Crippen molar-refractivity contribution >= 4 is 40.7 Å². The van der Waals surface area contributed by atoms with Gasteiger partial charge in [0.25, 0.3) is 0 Å². The SMILES string of the molecule is CC.CC(C)(C)CC(CO)OC(CO)OC(C)(C)C.CON(C)C(=O)N1N=C(c2cc(F)ccc2F)SC1(CCCNC(=O)CCCCCNC(=O)CCNC(=O)OCC(OC(CO)CC(C)(C)C)OC(C)(C)C)c1ccccc1. The highest BCUT2D eigenvalue weighted by atomic mass is 32.2. The van der Waals surface area contributed by atoms with E-state index in [9.17, 15) is 43.3 Å². The van der Waals surface area contributed by atoms with Crippen molar-refractivity contribution in [2.45, 2.75) is 196 Å². The molecule has 80 heavy (non-hydrogen) atoms. The molecule has 6 N–H and O–H groups in total. The Morgan fingerprint density at radius 1 is 0.700 bits per heavy atom. The predicted molar refractivity (Wildman–Crippen MR) is 308 cm³/mol. The van der Waals surface area contributed by atoms with Crippen LogP contribution in [0.2, 0.25) is 0 Å². The number of aliphatic hydroxyl groups is 3. The molecule has 19 nitrogen and oxygen atoms in total. The third-order valence-corrected chi connectivity index (χ3v) is 12.6. The Bertz CT molecular complexity index is 2130. The van der Waals surface area contributed by atoms with Crippen LogP contribution in [-0.4, -0.2) is 151 Å². The number of thioether (sulfide) groups is 1. The fraction of sp³-hybridized carbons (Fsp3) is 0.707.